The number of nitrogens with zero attached hydrogens (tertiary/aromatic N) is 1. The number of hydrazone groups is 1. The Bertz CT molecular complexity index is 858. The number of rotatable bonds is 7. The standard InChI is InChI=1S/C19H19BrFN3O3/c1-3-27-17-9-8-13(10-14(17)20)11-22-24-19(26)12(2)18(25)23-16-7-5-4-6-15(16)21/h4-12H,3H2,1-2H3,(H,23,25)(H,24,26). The van der Waals surface area contributed by atoms with E-state index >= 15 is 0 Å². The SMILES string of the molecule is CCOc1ccc(C=NNC(=O)C(C)C(=O)Nc2ccccc2F)cc1Br. The van der Waals surface area contributed by atoms with E-state index < -0.39 is 23.5 Å². The van der Waals surface area contributed by atoms with Crippen LogP contribution >= 0.6 is 15.9 Å². The van der Waals surface area contributed by atoms with Crippen molar-refractivity contribution >= 4 is 39.6 Å². The number of hydrogen-bond acceptors (Lipinski definition) is 4. The molecule has 6 nitrogen and oxygen atoms in total. The third-order valence-electron chi connectivity index (χ3n) is 3.56. The molecule has 0 saturated carbocycles. The summed E-state index contributed by atoms with van der Waals surface area (Å²) in [6.07, 6.45) is 1.44. The average molecular weight is 436 g/mol. The molecule has 0 bridgehead atoms. The van der Waals surface area contributed by atoms with E-state index in [0.29, 0.717) is 12.4 Å². The van der Waals surface area contributed by atoms with Gasteiger partial charge in [0, 0.05) is 0 Å². The van der Waals surface area contributed by atoms with Crippen LogP contribution in [0.1, 0.15) is 19.4 Å². The molecule has 0 fully saturated rings. The van der Waals surface area contributed by atoms with E-state index in [1.54, 1.807) is 24.3 Å². The molecule has 0 saturated heterocycles. The summed E-state index contributed by atoms with van der Waals surface area (Å²) in [5.74, 6) is -2.15. The molecule has 2 aromatic carbocycles. The number of amides is 2. The molecule has 1 atom stereocenters. The maximum absolute atomic E-state index is 13.6. The third kappa shape index (κ3) is 5.89. The fourth-order valence-electron chi connectivity index (χ4n) is 2.06. The topological polar surface area (TPSA) is 79.8 Å². The number of nitrogens with one attached hydrogen (secondary N) is 2. The Balaban J connectivity index is 1.92. The van der Waals surface area contributed by atoms with Crippen molar-refractivity contribution in [1.29, 1.82) is 0 Å². The highest BCUT2D eigenvalue weighted by Crippen LogP contribution is 2.25. The summed E-state index contributed by atoms with van der Waals surface area (Å²) in [5, 5.41) is 6.22. The minimum absolute atomic E-state index is 0.0184. The molecule has 2 aromatic rings. The van der Waals surface area contributed by atoms with Gasteiger partial charge < -0.3 is 10.1 Å². The van der Waals surface area contributed by atoms with Crippen molar-refractivity contribution in [2.75, 3.05) is 11.9 Å². The van der Waals surface area contributed by atoms with Crippen LogP contribution in [-0.2, 0) is 9.59 Å². The number of carbonyl (C=O) groups is 2. The number of hydrogen-bond donors (Lipinski definition) is 2. The van der Waals surface area contributed by atoms with Crippen LogP contribution in [0.25, 0.3) is 0 Å². The molecule has 0 aromatic heterocycles. The van der Waals surface area contributed by atoms with Gasteiger partial charge in [0.15, 0.2) is 0 Å². The quantitative estimate of drug-likeness (QED) is 0.395. The first-order chi connectivity index (χ1) is 12.9. The van der Waals surface area contributed by atoms with Crippen molar-refractivity contribution in [2.45, 2.75) is 13.8 Å². The predicted molar refractivity (Wildman–Crippen MR) is 105 cm³/mol. The van der Waals surface area contributed by atoms with Crippen molar-refractivity contribution in [1.82, 2.24) is 5.43 Å². The predicted octanol–water partition coefficient (Wildman–Crippen LogP) is 3.71. The van der Waals surface area contributed by atoms with Crippen LogP contribution in [0.5, 0.6) is 5.75 Å². The van der Waals surface area contributed by atoms with Gasteiger partial charge in [0.25, 0.3) is 5.91 Å². The molecule has 0 spiro atoms. The van der Waals surface area contributed by atoms with Crippen LogP contribution in [0.2, 0.25) is 0 Å². The van der Waals surface area contributed by atoms with E-state index in [1.165, 1.54) is 31.3 Å². The molecule has 0 aliphatic rings. The number of para-hydroxylation sites is 1. The third-order valence-corrected chi connectivity index (χ3v) is 4.18. The Hall–Kier alpha value is -2.74. The average Bonchev–Trinajstić information content (AvgIpc) is 2.65. The number of ether oxygens (including phenoxy) is 1. The second kappa shape index (κ2) is 9.82. The van der Waals surface area contributed by atoms with Crippen molar-refractivity contribution in [2.24, 2.45) is 11.0 Å². The second-order valence-electron chi connectivity index (χ2n) is 5.55. The molecule has 2 rings (SSSR count). The minimum Gasteiger partial charge on any atom is -0.493 e. The highest BCUT2D eigenvalue weighted by molar-refractivity contribution is 9.10. The van der Waals surface area contributed by atoms with Gasteiger partial charge in [-0.05, 0) is 65.7 Å². The van der Waals surface area contributed by atoms with Gasteiger partial charge in [-0.1, -0.05) is 12.1 Å². The Morgan fingerprint density at radius 3 is 2.67 bits per heavy atom. The largest absolute Gasteiger partial charge is 0.493 e. The summed E-state index contributed by atoms with van der Waals surface area (Å²) in [7, 11) is 0. The van der Waals surface area contributed by atoms with E-state index in [0.717, 1.165) is 10.0 Å². The fourth-order valence-corrected chi connectivity index (χ4v) is 2.57. The number of benzene rings is 2. The molecule has 8 heteroatoms. The van der Waals surface area contributed by atoms with Crippen molar-refractivity contribution in [3.05, 3.63) is 58.3 Å². The lowest BCUT2D eigenvalue weighted by Crippen LogP contribution is -2.34. The minimum atomic E-state index is -1.05. The zero-order valence-corrected chi connectivity index (χ0v) is 16.4. The maximum atomic E-state index is 13.6. The molecule has 142 valence electrons. The number of halogens is 2. The van der Waals surface area contributed by atoms with Crippen molar-refractivity contribution < 1.29 is 18.7 Å². The lowest BCUT2D eigenvalue weighted by molar-refractivity contribution is -0.131. The Kier molecular flexibility index (Phi) is 7.48. The van der Waals surface area contributed by atoms with Crippen LogP contribution < -0.4 is 15.5 Å². The summed E-state index contributed by atoms with van der Waals surface area (Å²) >= 11 is 3.39. The van der Waals surface area contributed by atoms with E-state index in [4.69, 9.17) is 4.74 Å². The van der Waals surface area contributed by atoms with Crippen molar-refractivity contribution in [3.63, 3.8) is 0 Å². The first-order valence-corrected chi connectivity index (χ1v) is 9.02. The Morgan fingerprint density at radius 1 is 1.26 bits per heavy atom. The molecule has 2 amide bonds. The fraction of sp³-hybridized carbons (Fsp3) is 0.211. The highest BCUT2D eigenvalue weighted by Gasteiger charge is 2.22. The van der Waals surface area contributed by atoms with E-state index in [1.807, 2.05) is 6.92 Å². The number of carbonyl (C=O) groups excluding carboxylic acids is 2. The lowest BCUT2D eigenvalue weighted by Gasteiger charge is -2.11. The maximum Gasteiger partial charge on any atom is 0.252 e. The highest BCUT2D eigenvalue weighted by atomic mass is 79.9. The summed E-state index contributed by atoms with van der Waals surface area (Å²) < 4.78 is 19.7. The van der Waals surface area contributed by atoms with Gasteiger partial charge in [-0.3, -0.25) is 9.59 Å². The molecule has 1 unspecified atom stereocenters. The zero-order chi connectivity index (χ0) is 19.8. The van der Waals surface area contributed by atoms with E-state index in [-0.39, 0.29) is 5.69 Å². The van der Waals surface area contributed by atoms with Gasteiger partial charge in [0.05, 0.1) is 23.0 Å². The summed E-state index contributed by atoms with van der Waals surface area (Å²) in [6.45, 7) is 3.85. The van der Waals surface area contributed by atoms with Gasteiger partial charge in [-0.15, -0.1) is 0 Å². The zero-order valence-electron chi connectivity index (χ0n) is 14.8. The van der Waals surface area contributed by atoms with Gasteiger partial charge >= 0.3 is 0 Å². The van der Waals surface area contributed by atoms with Gasteiger partial charge in [0.1, 0.15) is 17.5 Å². The van der Waals surface area contributed by atoms with E-state index in [2.05, 4.69) is 31.8 Å². The van der Waals surface area contributed by atoms with Gasteiger partial charge in [0.2, 0.25) is 5.91 Å². The van der Waals surface area contributed by atoms with Crippen LogP contribution in [0.4, 0.5) is 10.1 Å². The summed E-state index contributed by atoms with van der Waals surface area (Å²) in [5.41, 5.74) is 3.05. The molecule has 27 heavy (non-hydrogen) atoms. The second-order valence-corrected chi connectivity index (χ2v) is 6.40. The summed E-state index contributed by atoms with van der Waals surface area (Å²) in [4.78, 5) is 24.1. The van der Waals surface area contributed by atoms with Crippen LogP contribution in [0, 0.1) is 11.7 Å². The molecule has 0 aliphatic heterocycles. The van der Waals surface area contributed by atoms with Crippen LogP contribution in [0.15, 0.2) is 52.0 Å². The molecule has 0 radical (unpaired) electrons. The van der Waals surface area contributed by atoms with E-state index in [9.17, 15) is 14.0 Å². The van der Waals surface area contributed by atoms with Gasteiger partial charge in [-0.2, -0.15) is 5.10 Å². The Labute approximate surface area is 164 Å². The molecule has 0 aliphatic carbocycles. The molecule has 2 N–H and O–H groups in total. The Morgan fingerprint density at radius 2 is 2.00 bits per heavy atom. The monoisotopic (exact) mass is 435 g/mol. The lowest BCUT2D eigenvalue weighted by atomic mass is 10.1. The van der Waals surface area contributed by atoms with Crippen LogP contribution in [-0.4, -0.2) is 24.6 Å². The van der Waals surface area contributed by atoms with Gasteiger partial charge in [-0.25, -0.2) is 9.82 Å². The smallest absolute Gasteiger partial charge is 0.252 e. The molecule has 0 heterocycles. The first-order valence-electron chi connectivity index (χ1n) is 8.23. The first kappa shape index (κ1) is 20.6. The van der Waals surface area contributed by atoms with Crippen LogP contribution in [0.3, 0.4) is 0 Å². The normalized spacial score (nSPS) is 11.9. The van der Waals surface area contributed by atoms with Crippen molar-refractivity contribution in [3.8, 4) is 5.75 Å². The summed E-state index contributed by atoms with van der Waals surface area (Å²) in [6, 6.07) is 11.1. The molecular weight excluding hydrogens is 417 g/mol. The number of anilines is 1. The molecular formula is C19H19BrFN3O3.